The van der Waals surface area contributed by atoms with Crippen LogP contribution in [0.4, 0.5) is 0 Å². The van der Waals surface area contributed by atoms with Crippen LogP contribution in [0.15, 0.2) is 0 Å². The first-order valence-electron chi connectivity index (χ1n) is 5.12. The van der Waals surface area contributed by atoms with Crippen molar-refractivity contribution in [3.63, 3.8) is 0 Å². The number of piperazine rings is 1. The van der Waals surface area contributed by atoms with Crippen molar-refractivity contribution in [1.29, 1.82) is 0 Å². The third-order valence-electron chi connectivity index (χ3n) is 2.86. The molecule has 4 nitrogen and oxygen atoms in total. The Kier molecular flexibility index (Phi) is 2.56. The third-order valence-corrected chi connectivity index (χ3v) is 2.86. The van der Waals surface area contributed by atoms with Crippen LogP contribution in [0.25, 0.3) is 0 Å². The van der Waals surface area contributed by atoms with Crippen molar-refractivity contribution >= 4 is 0 Å². The molecule has 0 radical (unpaired) electrons. The van der Waals surface area contributed by atoms with Gasteiger partial charge in [-0.3, -0.25) is 0 Å². The highest BCUT2D eigenvalue weighted by molar-refractivity contribution is 5.13. The summed E-state index contributed by atoms with van der Waals surface area (Å²) in [4.78, 5) is 10.2. The predicted molar refractivity (Wildman–Crippen MR) is 56.3 cm³/mol. The standard InChI is InChI=1S/C10H18N4/c1-7-8(2)13-10(12-7)9-6-14(3)5-4-11-9/h9,11H,4-6H2,1-3H3,(H,12,13). The molecule has 1 atom stereocenters. The molecule has 1 aromatic heterocycles. The molecule has 1 aliphatic heterocycles. The summed E-state index contributed by atoms with van der Waals surface area (Å²) in [5.41, 5.74) is 2.28. The van der Waals surface area contributed by atoms with Crippen LogP contribution in [0.1, 0.15) is 23.3 Å². The van der Waals surface area contributed by atoms with E-state index in [4.69, 9.17) is 0 Å². The molecule has 14 heavy (non-hydrogen) atoms. The molecule has 1 unspecified atom stereocenters. The summed E-state index contributed by atoms with van der Waals surface area (Å²) in [6.45, 7) is 7.31. The molecule has 0 spiro atoms. The zero-order valence-electron chi connectivity index (χ0n) is 9.09. The maximum Gasteiger partial charge on any atom is 0.125 e. The molecule has 0 saturated carbocycles. The summed E-state index contributed by atoms with van der Waals surface area (Å²) >= 11 is 0. The summed E-state index contributed by atoms with van der Waals surface area (Å²) in [7, 11) is 2.15. The number of likely N-dealkylation sites (N-methyl/N-ethyl adjacent to an activating group) is 1. The van der Waals surface area contributed by atoms with E-state index < -0.39 is 0 Å². The normalized spacial score (nSPS) is 24.1. The fourth-order valence-corrected chi connectivity index (χ4v) is 1.82. The number of aryl methyl sites for hydroxylation is 2. The first-order valence-corrected chi connectivity index (χ1v) is 5.12. The average molecular weight is 194 g/mol. The van der Waals surface area contributed by atoms with E-state index in [0.717, 1.165) is 31.2 Å². The SMILES string of the molecule is Cc1nc(C2CN(C)CCN2)[nH]c1C. The van der Waals surface area contributed by atoms with E-state index in [2.05, 4.69) is 34.2 Å². The van der Waals surface area contributed by atoms with Crippen molar-refractivity contribution < 1.29 is 0 Å². The fourth-order valence-electron chi connectivity index (χ4n) is 1.82. The first-order chi connectivity index (χ1) is 6.66. The monoisotopic (exact) mass is 194 g/mol. The lowest BCUT2D eigenvalue weighted by Gasteiger charge is -2.29. The van der Waals surface area contributed by atoms with Gasteiger partial charge in [0.25, 0.3) is 0 Å². The van der Waals surface area contributed by atoms with Gasteiger partial charge in [0.1, 0.15) is 5.82 Å². The number of imidazole rings is 1. The van der Waals surface area contributed by atoms with Crippen LogP contribution < -0.4 is 5.32 Å². The molecular formula is C10H18N4. The van der Waals surface area contributed by atoms with Crippen molar-refractivity contribution in [2.75, 3.05) is 26.7 Å². The largest absolute Gasteiger partial charge is 0.345 e. The van der Waals surface area contributed by atoms with Crippen LogP contribution >= 0.6 is 0 Å². The van der Waals surface area contributed by atoms with Crippen LogP contribution in [0.3, 0.4) is 0 Å². The van der Waals surface area contributed by atoms with Gasteiger partial charge in [0, 0.05) is 25.3 Å². The fraction of sp³-hybridized carbons (Fsp3) is 0.700. The molecule has 2 heterocycles. The molecule has 1 aromatic rings. The Labute approximate surface area is 84.7 Å². The Hall–Kier alpha value is -0.870. The Morgan fingerprint density at radius 3 is 2.79 bits per heavy atom. The molecule has 1 saturated heterocycles. The summed E-state index contributed by atoms with van der Waals surface area (Å²) in [5.74, 6) is 1.08. The van der Waals surface area contributed by atoms with E-state index in [0.29, 0.717) is 6.04 Å². The Bertz CT molecular complexity index is 298. The van der Waals surface area contributed by atoms with E-state index in [1.165, 1.54) is 5.69 Å². The molecule has 0 aromatic carbocycles. The van der Waals surface area contributed by atoms with Crippen molar-refractivity contribution in [3.8, 4) is 0 Å². The van der Waals surface area contributed by atoms with Gasteiger partial charge in [-0.25, -0.2) is 4.98 Å². The minimum Gasteiger partial charge on any atom is -0.345 e. The van der Waals surface area contributed by atoms with E-state index in [1.54, 1.807) is 0 Å². The van der Waals surface area contributed by atoms with E-state index in [-0.39, 0.29) is 0 Å². The molecule has 0 aliphatic carbocycles. The van der Waals surface area contributed by atoms with Crippen LogP contribution in [0, 0.1) is 13.8 Å². The van der Waals surface area contributed by atoms with Gasteiger partial charge in [0.2, 0.25) is 0 Å². The smallest absolute Gasteiger partial charge is 0.125 e. The van der Waals surface area contributed by atoms with E-state index in [1.807, 2.05) is 6.92 Å². The lowest BCUT2D eigenvalue weighted by atomic mass is 10.2. The van der Waals surface area contributed by atoms with Gasteiger partial charge in [-0.1, -0.05) is 0 Å². The van der Waals surface area contributed by atoms with Crippen LogP contribution in [-0.4, -0.2) is 41.5 Å². The average Bonchev–Trinajstić information content (AvgIpc) is 2.47. The van der Waals surface area contributed by atoms with E-state index in [9.17, 15) is 0 Å². The zero-order valence-corrected chi connectivity index (χ0v) is 9.09. The number of hydrogen-bond acceptors (Lipinski definition) is 3. The molecule has 2 rings (SSSR count). The van der Waals surface area contributed by atoms with E-state index >= 15 is 0 Å². The molecular weight excluding hydrogens is 176 g/mol. The van der Waals surface area contributed by atoms with Crippen LogP contribution in [-0.2, 0) is 0 Å². The van der Waals surface area contributed by atoms with Gasteiger partial charge in [-0.2, -0.15) is 0 Å². The van der Waals surface area contributed by atoms with Crippen LogP contribution in [0.2, 0.25) is 0 Å². The van der Waals surface area contributed by atoms with Crippen molar-refractivity contribution in [2.24, 2.45) is 0 Å². The summed E-state index contributed by atoms with van der Waals surface area (Å²) in [5, 5.41) is 3.47. The molecule has 1 aliphatic rings. The number of hydrogen-bond donors (Lipinski definition) is 2. The van der Waals surface area contributed by atoms with Gasteiger partial charge in [0.05, 0.1) is 11.7 Å². The summed E-state index contributed by atoms with van der Waals surface area (Å²) in [6, 6.07) is 0.362. The summed E-state index contributed by atoms with van der Waals surface area (Å²) < 4.78 is 0. The van der Waals surface area contributed by atoms with Crippen molar-refractivity contribution in [2.45, 2.75) is 19.9 Å². The maximum absolute atomic E-state index is 4.52. The highest BCUT2D eigenvalue weighted by atomic mass is 15.2. The molecule has 0 amide bonds. The topological polar surface area (TPSA) is 44.0 Å². The minimum atomic E-state index is 0.362. The third kappa shape index (κ3) is 1.81. The number of nitrogens with zero attached hydrogens (tertiary/aromatic N) is 2. The number of H-pyrrole nitrogens is 1. The lowest BCUT2D eigenvalue weighted by Crippen LogP contribution is -2.44. The lowest BCUT2D eigenvalue weighted by molar-refractivity contribution is 0.236. The molecule has 78 valence electrons. The molecule has 4 heteroatoms. The van der Waals surface area contributed by atoms with Gasteiger partial charge in [-0.15, -0.1) is 0 Å². The molecule has 2 N–H and O–H groups in total. The zero-order chi connectivity index (χ0) is 10.1. The highest BCUT2D eigenvalue weighted by Gasteiger charge is 2.20. The molecule has 1 fully saturated rings. The Balaban J connectivity index is 2.14. The minimum absolute atomic E-state index is 0.362. The number of rotatable bonds is 1. The number of aromatic amines is 1. The van der Waals surface area contributed by atoms with Gasteiger partial charge >= 0.3 is 0 Å². The van der Waals surface area contributed by atoms with Crippen LogP contribution in [0.5, 0.6) is 0 Å². The first kappa shape index (κ1) is 9.68. The highest BCUT2D eigenvalue weighted by Crippen LogP contribution is 2.14. The second-order valence-corrected chi connectivity index (χ2v) is 4.10. The molecule has 0 bridgehead atoms. The van der Waals surface area contributed by atoms with Gasteiger partial charge < -0.3 is 15.2 Å². The van der Waals surface area contributed by atoms with Crippen molar-refractivity contribution in [1.82, 2.24) is 20.2 Å². The Morgan fingerprint density at radius 1 is 1.43 bits per heavy atom. The number of aromatic nitrogens is 2. The van der Waals surface area contributed by atoms with Gasteiger partial charge in [-0.05, 0) is 20.9 Å². The number of nitrogens with one attached hydrogen (secondary N) is 2. The van der Waals surface area contributed by atoms with Gasteiger partial charge in [0.15, 0.2) is 0 Å². The predicted octanol–water partition coefficient (Wildman–Crippen LogP) is 0.603. The van der Waals surface area contributed by atoms with Crippen molar-refractivity contribution in [3.05, 3.63) is 17.2 Å². The summed E-state index contributed by atoms with van der Waals surface area (Å²) in [6.07, 6.45) is 0. The second kappa shape index (κ2) is 3.71. The second-order valence-electron chi connectivity index (χ2n) is 4.10. The Morgan fingerprint density at radius 2 is 2.21 bits per heavy atom. The maximum atomic E-state index is 4.52. The quantitative estimate of drug-likeness (QED) is 0.688.